The molecule has 1 N–H and O–H groups in total. The number of carbonyl (C=O) groups excluding carboxylic acids is 1. The topological polar surface area (TPSA) is 58.4 Å². The van der Waals surface area contributed by atoms with Crippen LogP contribution in [0.3, 0.4) is 0 Å². The fourth-order valence-electron chi connectivity index (χ4n) is 3.11. The first-order valence-electron chi connectivity index (χ1n) is 9.55. The number of furan rings is 1. The van der Waals surface area contributed by atoms with Crippen molar-refractivity contribution in [3.05, 3.63) is 83.3 Å². The summed E-state index contributed by atoms with van der Waals surface area (Å²) in [5.41, 5.74) is 3.01. The minimum absolute atomic E-state index is 0.0435. The van der Waals surface area contributed by atoms with Gasteiger partial charge in [0.2, 0.25) is 5.91 Å². The van der Waals surface area contributed by atoms with Gasteiger partial charge in [0.05, 0.1) is 34.1 Å². The van der Waals surface area contributed by atoms with Crippen molar-refractivity contribution in [1.29, 1.82) is 0 Å². The Labute approximate surface area is 174 Å². The van der Waals surface area contributed by atoms with Gasteiger partial charge in [0, 0.05) is 12.1 Å². The number of aromatic nitrogens is 1. The summed E-state index contributed by atoms with van der Waals surface area (Å²) in [5.74, 6) is 0.796. The van der Waals surface area contributed by atoms with E-state index in [0.717, 1.165) is 28.4 Å². The second kappa shape index (κ2) is 8.59. The number of rotatable bonds is 7. The van der Waals surface area contributed by atoms with Crippen LogP contribution in [0.25, 0.3) is 10.2 Å². The van der Waals surface area contributed by atoms with Crippen LogP contribution in [0.1, 0.15) is 23.3 Å². The first-order valence-corrected chi connectivity index (χ1v) is 10.4. The van der Waals surface area contributed by atoms with E-state index in [4.69, 9.17) is 4.42 Å². The minimum Gasteiger partial charge on any atom is -0.468 e. The van der Waals surface area contributed by atoms with Crippen LogP contribution in [0.2, 0.25) is 0 Å². The Morgan fingerprint density at radius 3 is 2.66 bits per heavy atom. The molecule has 29 heavy (non-hydrogen) atoms. The number of para-hydroxylation sites is 1. The SMILES string of the molecule is C[C@@H](C(=O)Nc1ccc(Cc2nc3ccccc3s2)cc1)N(C)Cc1ccco1. The Balaban J connectivity index is 1.35. The van der Waals surface area contributed by atoms with Gasteiger partial charge in [0.1, 0.15) is 5.76 Å². The summed E-state index contributed by atoms with van der Waals surface area (Å²) in [6.07, 6.45) is 2.43. The largest absolute Gasteiger partial charge is 0.468 e. The monoisotopic (exact) mass is 405 g/mol. The average molecular weight is 406 g/mol. The number of fused-ring (bicyclic) bond motifs is 1. The number of likely N-dealkylation sites (N-methyl/N-ethyl adjacent to an activating group) is 1. The second-order valence-electron chi connectivity index (χ2n) is 7.11. The summed E-state index contributed by atoms with van der Waals surface area (Å²) in [4.78, 5) is 19.2. The standard InChI is InChI=1S/C23H23N3O2S/c1-16(26(2)15-19-6-5-13-28-19)23(27)24-18-11-9-17(10-12-18)14-22-25-20-7-3-4-8-21(20)29-22/h3-13,16H,14-15H2,1-2H3,(H,24,27)/t16-/m0/s1. The van der Waals surface area contributed by atoms with Crippen molar-refractivity contribution in [2.75, 3.05) is 12.4 Å². The van der Waals surface area contributed by atoms with Crippen molar-refractivity contribution < 1.29 is 9.21 Å². The molecule has 0 aliphatic rings. The Kier molecular flexibility index (Phi) is 5.74. The van der Waals surface area contributed by atoms with Crippen LogP contribution < -0.4 is 5.32 Å². The predicted molar refractivity (Wildman–Crippen MR) is 117 cm³/mol. The highest BCUT2D eigenvalue weighted by atomic mass is 32.1. The highest BCUT2D eigenvalue weighted by molar-refractivity contribution is 7.18. The van der Waals surface area contributed by atoms with Gasteiger partial charge in [0.15, 0.2) is 0 Å². The molecule has 0 radical (unpaired) electrons. The fourth-order valence-corrected chi connectivity index (χ4v) is 4.11. The Hall–Kier alpha value is -2.96. The van der Waals surface area contributed by atoms with Gasteiger partial charge >= 0.3 is 0 Å². The zero-order valence-corrected chi connectivity index (χ0v) is 17.3. The summed E-state index contributed by atoms with van der Waals surface area (Å²) < 4.78 is 6.56. The van der Waals surface area contributed by atoms with Gasteiger partial charge in [-0.15, -0.1) is 11.3 Å². The number of amides is 1. The summed E-state index contributed by atoms with van der Waals surface area (Å²) in [6, 6.07) is 19.6. The van der Waals surface area contributed by atoms with Gasteiger partial charge in [-0.2, -0.15) is 0 Å². The molecule has 2 heterocycles. The third-order valence-corrected chi connectivity index (χ3v) is 5.98. The van der Waals surface area contributed by atoms with E-state index in [2.05, 4.69) is 16.4 Å². The van der Waals surface area contributed by atoms with Gasteiger partial charge in [-0.3, -0.25) is 9.69 Å². The van der Waals surface area contributed by atoms with Crippen molar-refractivity contribution in [3.8, 4) is 0 Å². The maximum Gasteiger partial charge on any atom is 0.241 e. The molecule has 0 unspecified atom stereocenters. The fraction of sp³-hybridized carbons (Fsp3) is 0.217. The number of nitrogens with one attached hydrogen (secondary N) is 1. The second-order valence-corrected chi connectivity index (χ2v) is 8.22. The highest BCUT2D eigenvalue weighted by Gasteiger charge is 2.19. The molecule has 5 nitrogen and oxygen atoms in total. The minimum atomic E-state index is -0.275. The lowest BCUT2D eigenvalue weighted by molar-refractivity contribution is -0.120. The van der Waals surface area contributed by atoms with Crippen molar-refractivity contribution in [2.45, 2.75) is 25.9 Å². The number of benzene rings is 2. The molecule has 0 spiro atoms. The van der Waals surface area contributed by atoms with Gasteiger partial charge in [-0.25, -0.2) is 4.98 Å². The van der Waals surface area contributed by atoms with Crippen LogP contribution in [-0.4, -0.2) is 28.9 Å². The van der Waals surface area contributed by atoms with Crippen molar-refractivity contribution in [3.63, 3.8) is 0 Å². The third kappa shape index (κ3) is 4.72. The molecular formula is C23H23N3O2S. The van der Waals surface area contributed by atoms with Gasteiger partial charge in [-0.05, 0) is 55.9 Å². The van der Waals surface area contributed by atoms with E-state index in [1.54, 1.807) is 17.6 Å². The normalized spacial score (nSPS) is 12.4. The van der Waals surface area contributed by atoms with E-state index >= 15 is 0 Å². The molecule has 0 aliphatic carbocycles. The molecule has 0 saturated carbocycles. The summed E-state index contributed by atoms with van der Waals surface area (Å²) in [6.45, 7) is 2.47. The van der Waals surface area contributed by atoms with E-state index in [9.17, 15) is 4.79 Å². The van der Waals surface area contributed by atoms with Crippen LogP contribution in [0.15, 0.2) is 71.3 Å². The Morgan fingerprint density at radius 1 is 1.14 bits per heavy atom. The van der Waals surface area contributed by atoms with Crippen LogP contribution in [0, 0.1) is 0 Å². The molecule has 0 fully saturated rings. The van der Waals surface area contributed by atoms with Gasteiger partial charge in [0.25, 0.3) is 0 Å². The molecule has 148 valence electrons. The third-order valence-electron chi connectivity index (χ3n) is 4.94. The summed E-state index contributed by atoms with van der Waals surface area (Å²) >= 11 is 1.72. The lowest BCUT2D eigenvalue weighted by atomic mass is 10.1. The van der Waals surface area contributed by atoms with E-state index in [1.807, 2.05) is 73.5 Å². The molecular weight excluding hydrogens is 382 g/mol. The molecule has 0 bridgehead atoms. The zero-order valence-electron chi connectivity index (χ0n) is 16.5. The maximum atomic E-state index is 12.6. The van der Waals surface area contributed by atoms with E-state index in [-0.39, 0.29) is 11.9 Å². The number of hydrogen-bond acceptors (Lipinski definition) is 5. The molecule has 2 aromatic carbocycles. The number of nitrogens with zero attached hydrogens (tertiary/aromatic N) is 2. The molecule has 1 amide bonds. The van der Waals surface area contributed by atoms with Gasteiger partial charge < -0.3 is 9.73 Å². The Bertz CT molecular complexity index is 1050. The van der Waals surface area contributed by atoms with Gasteiger partial charge in [-0.1, -0.05) is 24.3 Å². The number of thiazole rings is 1. The predicted octanol–water partition coefficient (Wildman–Crippen LogP) is 4.94. The first-order chi connectivity index (χ1) is 14.1. The van der Waals surface area contributed by atoms with E-state index in [1.165, 1.54) is 10.3 Å². The molecule has 4 aromatic rings. The van der Waals surface area contributed by atoms with Crippen LogP contribution in [0.5, 0.6) is 0 Å². The first kappa shape index (κ1) is 19.4. The lowest BCUT2D eigenvalue weighted by Gasteiger charge is -2.22. The smallest absolute Gasteiger partial charge is 0.241 e. The van der Waals surface area contributed by atoms with Crippen LogP contribution in [-0.2, 0) is 17.8 Å². The molecule has 0 saturated heterocycles. The van der Waals surface area contributed by atoms with Crippen molar-refractivity contribution >= 4 is 33.1 Å². The number of carbonyl (C=O) groups is 1. The molecule has 4 rings (SSSR count). The molecule has 6 heteroatoms. The Morgan fingerprint density at radius 2 is 1.93 bits per heavy atom. The summed E-state index contributed by atoms with van der Waals surface area (Å²) in [5, 5.41) is 4.08. The number of anilines is 1. The van der Waals surface area contributed by atoms with E-state index in [0.29, 0.717) is 6.54 Å². The summed E-state index contributed by atoms with van der Waals surface area (Å²) in [7, 11) is 1.91. The number of hydrogen-bond donors (Lipinski definition) is 1. The van der Waals surface area contributed by atoms with Crippen LogP contribution >= 0.6 is 11.3 Å². The van der Waals surface area contributed by atoms with E-state index < -0.39 is 0 Å². The molecule has 2 aromatic heterocycles. The van der Waals surface area contributed by atoms with Crippen LogP contribution in [0.4, 0.5) is 5.69 Å². The molecule has 1 atom stereocenters. The lowest BCUT2D eigenvalue weighted by Crippen LogP contribution is -2.39. The zero-order chi connectivity index (χ0) is 20.2. The maximum absolute atomic E-state index is 12.6. The van der Waals surface area contributed by atoms with Crippen molar-refractivity contribution in [2.24, 2.45) is 0 Å². The quantitative estimate of drug-likeness (QED) is 0.473. The molecule has 0 aliphatic heterocycles. The highest BCUT2D eigenvalue weighted by Crippen LogP contribution is 2.24. The van der Waals surface area contributed by atoms with Crippen molar-refractivity contribution in [1.82, 2.24) is 9.88 Å². The average Bonchev–Trinajstić information content (AvgIpc) is 3.37.